The molecule has 3 nitrogen and oxygen atoms in total. The van der Waals surface area contributed by atoms with Gasteiger partial charge in [-0.05, 0) is 38.8 Å². The van der Waals surface area contributed by atoms with E-state index in [1.165, 1.54) is 25.9 Å². The third kappa shape index (κ3) is 2.64. The smallest absolute Gasteiger partial charge is 0.180 e. The average Bonchev–Trinajstić information content (AvgIpc) is 2.88. The zero-order valence-corrected chi connectivity index (χ0v) is 9.08. The maximum absolute atomic E-state index is 8.85. The molecular weight excluding hydrogens is 186 g/mol. The number of hydrogen-bond acceptors (Lipinski definition) is 3. The average molecular weight is 203 g/mol. The van der Waals surface area contributed by atoms with Crippen LogP contribution in [0.3, 0.4) is 0 Å². The van der Waals surface area contributed by atoms with Crippen molar-refractivity contribution in [3.8, 4) is 18.0 Å². The minimum absolute atomic E-state index is 0.192. The van der Waals surface area contributed by atoms with Crippen LogP contribution in [0, 0.1) is 23.3 Å². The first-order valence-corrected chi connectivity index (χ1v) is 5.77. The number of nitriles is 1. The number of rotatable bonds is 1. The van der Waals surface area contributed by atoms with E-state index in [0.29, 0.717) is 0 Å². The summed E-state index contributed by atoms with van der Waals surface area (Å²) in [6.07, 6.45) is 7.00. The second-order valence-corrected chi connectivity index (χ2v) is 4.26. The van der Waals surface area contributed by atoms with E-state index in [9.17, 15) is 0 Å². The molecule has 2 aliphatic rings. The first kappa shape index (κ1) is 10.3. The van der Waals surface area contributed by atoms with E-state index in [1.54, 1.807) is 4.90 Å². The third-order valence-corrected chi connectivity index (χ3v) is 3.15. The van der Waals surface area contributed by atoms with E-state index in [4.69, 9.17) is 5.26 Å². The lowest BCUT2D eigenvalue weighted by atomic mass is 10.2. The van der Waals surface area contributed by atoms with Gasteiger partial charge in [-0.25, -0.2) is 0 Å². The standard InChI is InChI=1S/C12H17N3/c13-11-15-10-4-6-12(15)5-3-9-14-7-1-2-8-14/h12H,1-2,4,6-10H2/t12-/m0/s1. The second kappa shape index (κ2) is 5.05. The number of nitrogens with zero attached hydrogens (tertiary/aromatic N) is 3. The summed E-state index contributed by atoms with van der Waals surface area (Å²) in [5.41, 5.74) is 0. The Kier molecular flexibility index (Phi) is 3.48. The quantitative estimate of drug-likeness (QED) is 0.471. The molecular formula is C12H17N3. The normalized spacial score (nSPS) is 26.1. The van der Waals surface area contributed by atoms with Crippen molar-refractivity contribution >= 4 is 0 Å². The molecule has 0 aromatic rings. The van der Waals surface area contributed by atoms with Crippen LogP contribution in [0.1, 0.15) is 25.7 Å². The van der Waals surface area contributed by atoms with Gasteiger partial charge in [0.05, 0.1) is 12.6 Å². The lowest BCUT2D eigenvalue weighted by Crippen LogP contribution is -2.23. The molecule has 0 aliphatic carbocycles. The summed E-state index contributed by atoms with van der Waals surface area (Å²) < 4.78 is 0. The zero-order chi connectivity index (χ0) is 10.5. The lowest BCUT2D eigenvalue weighted by Gasteiger charge is -2.12. The van der Waals surface area contributed by atoms with E-state index in [0.717, 1.165) is 25.9 Å². The molecule has 2 aliphatic heterocycles. The van der Waals surface area contributed by atoms with Gasteiger partial charge >= 0.3 is 0 Å². The van der Waals surface area contributed by atoms with Crippen molar-refractivity contribution in [2.75, 3.05) is 26.2 Å². The molecule has 0 aromatic carbocycles. The van der Waals surface area contributed by atoms with Gasteiger partial charge in [-0.3, -0.25) is 9.80 Å². The SMILES string of the molecule is N#CN1CCC[C@@H]1C#CCN1CCCC1. The molecule has 0 aromatic heterocycles. The third-order valence-electron chi connectivity index (χ3n) is 3.15. The molecule has 0 spiro atoms. The van der Waals surface area contributed by atoms with Gasteiger partial charge in [0.15, 0.2) is 6.19 Å². The maximum atomic E-state index is 8.85. The largest absolute Gasteiger partial charge is 0.296 e. The van der Waals surface area contributed by atoms with Crippen molar-refractivity contribution in [2.24, 2.45) is 0 Å². The van der Waals surface area contributed by atoms with Gasteiger partial charge in [0, 0.05) is 6.54 Å². The Hall–Kier alpha value is -1.19. The monoisotopic (exact) mass is 203 g/mol. The highest BCUT2D eigenvalue weighted by molar-refractivity contribution is 5.13. The van der Waals surface area contributed by atoms with Crippen molar-refractivity contribution in [3.63, 3.8) is 0 Å². The van der Waals surface area contributed by atoms with Crippen LogP contribution in [-0.2, 0) is 0 Å². The van der Waals surface area contributed by atoms with Crippen LogP contribution in [0.25, 0.3) is 0 Å². The molecule has 0 amide bonds. The lowest BCUT2D eigenvalue weighted by molar-refractivity contribution is 0.382. The highest BCUT2D eigenvalue weighted by Crippen LogP contribution is 2.14. The van der Waals surface area contributed by atoms with Crippen LogP contribution in [0.2, 0.25) is 0 Å². The fraction of sp³-hybridized carbons (Fsp3) is 0.750. The summed E-state index contributed by atoms with van der Waals surface area (Å²) >= 11 is 0. The van der Waals surface area contributed by atoms with Gasteiger partial charge in [-0.15, -0.1) is 0 Å². The molecule has 1 atom stereocenters. The van der Waals surface area contributed by atoms with Crippen LogP contribution in [0.4, 0.5) is 0 Å². The predicted molar refractivity (Wildman–Crippen MR) is 58.8 cm³/mol. The van der Waals surface area contributed by atoms with Crippen molar-refractivity contribution in [1.29, 1.82) is 5.26 Å². The van der Waals surface area contributed by atoms with Crippen LogP contribution in [-0.4, -0.2) is 42.0 Å². The molecule has 80 valence electrons. The van der Waals surface area contributed by atoms with Crippen LogP contribution in [0.5, 0.6) is 0 Å². The van der Waals surface area contributed by atoms with E-state index < -0.39 is 0 Å². The molecule has 2 heterocycles. The van der Waals surface area contributed by atoms with Gasteiger partial charge in [-0.2, -0.15) is 5.26 Å². The van der Waals surface area contributed by atoms with E-state index in [-0.39, 0.29) is 6.04 Å². The fourth-order valence-corrected chi connectivity index (χ4v) is 2.25. The summed E-state index contributed by atoms with van der Waals surface area (Å²) in [5.74, 6) is 6.44. The molecule has 0 N–H and O–H groups in total. The topological polar surface area (TPSA) is 30.3 Å². The van der Waals surface area contributed by atoms with Gasteiger partial charge in [-0.1, -0.05) is 11.8 Å². The second-order valence-electron chi connectivity index (χ2n) is 4.26. The Balaban J connectivity index is 1.80. The molecule has 0 unspecified atom stereocenters. The van der Waals surface area contributed by atoms with Crippen molar-refractivity contribution < 1.29 is 0 Å². The van der Waals surface area contributed by atoms with Crippen molar-refractivity contribution in [2.45, 2.75) is 31.7 Å². The van der Waals surface area contributed by atoms with Gasteiger partial charge in [0.25, 0.3) is 0 Å². The Morgan fingerprint density at radius 3 is 2.67 bits per heavy atom. The Morgan fingerprint density at radius 1 is 1.13 bits per heavy atom. The molecule has 3 heteroatoms. The summed E-state index contributed by atoms with van der Waals surface area (Å²) in [6.45, 7) is 4.16. The molecule has 0 saturated carbocycles. The Bertz CT molecular complexity index is 301. The van der Waals surface area contributed by atoms with E-state index in [2.05, 4.69) is 22.9 Å². The van der Waals surface area contributed by atoms with E-state index in [1.807, 2.05) is 0 Å². The van der Waals surface area contributed by atoms with Crippen LogP contribution in [0.15, 0.2) is 0 Å². The summed E-state index contributed by atoms with van der Waals surface area (Å²) in [4.78, 5) is 4.19. The minimum atomic E-state index is 0.192. The van der Waals surface area contributed by atoms with Gasteiger partial charge in [0.1, 0.15) is 0 Å². The van der Waals surface area contributed by atoms with Crippen LogP contribution < -0.4 is 0 Å². The van der Waals surface area contributed by atoms with Crippen molar-refractivity contribution in [1.82, 2.24) is 9.80 Å². The Labute approximate surface area is 91.7 Å². The molecule has 0 radical (unpaired) electrons. The van der Waals surface area contributed by atoms with Gasteiger partial charge in [0.2, 0.25) is 0 Å². The van der Waals surface area contributed by atoms with Crippen molar-refractivity contribution in [3.05, 3.63) is 0 Å². The molecule has 15 heavy (non-hydrogen) atoms. The zero-order valence-electron chi connectivity index (χ0n) is 9.08. The summed E-state index contributed by atoms with van der Waals surface area (Å²) in [6, 6.07) is 0.192. The number of hydrogen-bond donors (Lipinski definition) is 0. The fourth-order valence-electron chi connectivity index (χ4n) is 2.25. The van der Waals surface area contributed by atoms with E-state index >= 15 is 0 Å². The highest BCUT2D eigenvalue weighted by Gasteiger charge is 2.20. The first-order valence-electron chi connectivity index (χ1n) is 5.77. The van der Waals surface area contributed by atoms with Crippen LogP contribution >= 0.6 is 0 Å². The first-order chi connectivity index (χ1) is 7.40. The minimum Gasteiger partial charge on any atom is -0.296 e. The number of likely N-dealkylation sites (tertiary alicyclic amines) is 2. The molecule has 2 saturated heterocycles. The van der Waals surface area contributed by atoms with Gasteiger partial charge < -0.3 is 0 Å². The molecule has 0 bridgehead atoms. The summed E-state index contributed by atoms with van der Waals surface area (Å²) in [5, 5.41) is 8.85. The Morgan fingerprint density at radius 2 is 1.93 bits per heavy atom. The molecule has 2 fully saturated rings. The molecule has 2 rings (SSSR count). The summed E-state index contributed by atoms with van der Waals surface area (Å²) in [7, 11) is 0. The highest BCUT2D eigenvalue weighted by atomic mass is 15.2. The predicted octanol–water partition coefficient (Wildman–Crippen LogP) is 1.03. The maximum Gasteiger partial charge on any atom is 0.180 e.